The molecule has 3 aliphatic heterocycles. The molecular formula is C23H29NO7. The zero-order valence-electron chi connectivity index (χ0n) is 17.8. The molecule has 5 rings (SSSR count). The molecule has 0 unspecified atom stereocenters. The molecule has 0 aromatic heterocycles. The Bertz CT molecular complexity index is 815. The van der Waals surface area contributed by atoms with Gasteiger partial charge in [-0.15, -0.1) is 0 Å². The fourth-order valence-electron chi connectivity index (χ4n) is 5.22. The van der Waals surface area contributed by atoms with Gasteiger partial charge in [0.25, 0.3) is 0 Å². The van der Waals surface area contributed by atoms with Gasteiger partial charge in [-0.05, 0) is 32.3 Å². The number of hydrogen-bond acceptors (Lipinski definition) is 8. The predicted octanol–water partition coefficient (Wildman–Crippen LogP) is 2.87. The lowest BCUT2D eigenvalue weighted by molar-refractivity contribution is -0.446. The van der Waals surface area contributed by atoms with Gasteiger partial charge in [0.2, 0.25) is 0 Å². The summed E-state index contributed by atoms with van der Waals surface area (Å²) in [5, 5.41) is 1.25. The molecule has 8 heteroatoms. The summed E-state index contributed by atoms with van der Waals surface area (Å²) in [5.74, 6) is -1.48. The van der Waals surface area contributed by atoms with E-state index in [1.807, 2.05) is 6.07 Å². The fraction of sp³-hybridized carbons (Fsp3) is 0.652. The summed E-state index contributed by atoms with van der Waals surface area (Å²) in [4.78, 5) is 36.6. The molecule has 31 heavy (non-hydrogen) atoms. The second-order valence-electron chi connectivity index (χ2n) is 9.04. The highest BCUT2D eigenvalue weighted by molar-refractivity contribution is 5.86. The third-order valence-electron chi connectivity index (χ3n) is 6.56. The highest BCUT2D eigenvalue weighted by Gasteiger charge is 2.64. The van der Waals surface area contributed by atoms with Gasteiger partial charge in [-0.25, -0.2) is 9.63 Å². The van der Waals surface area contributed by atoms with E-state index < -0.39 is 42.4 Å². The van der Waals surface area contributed by atoms with E-state index >= 15 is 0 Å². The minimum Gasteiger partial charge on any atom is -0.461 e. The summed E-state index contributed by atoms with van der Waals surface area (Å²) in [5.41, 5.74) is 1.27. The van der Waals surface area contributed by atoms with Gasteiger partial charge in [0, 0.05) is 12.3 Å². The molecule has 4 fully saturated rings. The molecule has 8 nitrogen and oxygen atoms in total. The predicted molar refractivity (Wildman–Crippen MR) is 107 cm³/mol. The summed E-state index contributed by atoms with van der Waals surface area (Å²) < 4.78 is 17.3. The number of rotatable bonds is 5. The number of hydrogen-bond donors (Lipinski definition) is 0. The van der Waals surface area contributed by atoms with Crippen LogP contribution in [0.2, 0.25) is 0 Å². The number of ether oxygens (including phenoxy) is 3. The van der Waals surface area contributed by atoms with Gasteiger partial charge in [-0.2, -0.15) is 0 Å². The Hall–Kier alpha value is -2.00. The Kier molecular flexibility index (Phi) is 5.73. The molecule has 4 aliphatic rings. The average molecular weight is 431 g/mol. The van der Waals surface area contributed by atoms with E-state index in [0.29, 0.717) is 12.3 Å². The molecule has 0 amide bonds. The minimum atomic E-state index is -1.06. The van der Waals surface area contributed by atoms with E-state index in [0.717, 1.165) is 19.3 Å². The second kappa shape index (κ2) is 8.50. The Balaban J connectivity index is 1.29. The first-order valence-electron chi connectivity index (χ1n) is 11.3. The lowest BCUT2D eigenvalue weighted by Crippen LogP contribution is -2.49. The quantitative estimate of drug-likeness (QED) is 0.658. The largest absolute Gasteiger partial charge is 0.461 e. The van der Waals surface area contributed by atoms with E-state index in [4.69, 9.17) is 23.9 Å². The van der Waals surface area contributed by atoms with E-state index in [1.165, 1.54) is 17.2 Å². The van der Waals surface area contributed by atoms with E-state index in [2.05, 4.69) is 24.3 Å². The first-order valence-corrected chi connectivity index (χ1v) is 11.3. The molecule has 0 spiro atoms. The maximum absolute atomic E-state index is 12.5. The zero-order valence-corrected chi connectivity index (χ0v) is 17.8. The monoisotopic (exact) mass is 431 g/mol. The third-order valence-corrected chi connectivity index (χ3v) is 6.56. The molecule has 0 radical (unpaired) electrons. The summed E-state index contributed by atoms with van der Waals surface area (Å²) in [6.45, 7) is 3.51. The number of nitrogens with zero attached hydrogens (tertiary/aromatic N) is 1. The number of carbonyl (C=O) groups excluding carboxylic acids is 2. The van der Waals surface area contributed by atoms with E-state index in [-0.39, 0.29) is 12.2 Å². The Morgan fingerprint density at radius 3 is 2.68 bits per heavy atom. The van der Waals surface area contributed by atoms with Crippen LogP contribution in [0, 0.1) is 5.92 Å². The zero-order chi connectivity index (χ0) is 21.5. The summed E-state index contributed by atoms with van der Waals surface area (Å²) in [6.07, 6.45) is 2.29. The molecule has 1 saturated carbocycles. The highest BCUT2D eigenvalue weighted by atomic mass is 17.0. The molecular weight excluding hydrogens is 402 g/mol. The van der Waals surface area contributed by atoms with Crippen molar-refractivity contribution in [2.24, 2.45) is 5.92 Å². The molecule has 1 aromatic rings. The first kappa shape index (κ1) is 20.9. The molecule has 0 N–H and O–H groups in total. The van der Waals surface area contributed by atoms with Crippen molar-refractivity contribution in [3.05, 3.63) is 35.9 Å². The number of benzene rings is 1. The fourth-order valence-corrected chi connectivity index (χ4v) is 5.22. The lowest BCUT2D eigenvalue weighted by atomic mass is 9.81. The smallest absolute Gasteiger partial charge is 0.338 e. The Morgan fingerprint density at radius 1 is 1.13 bits per heavy atom. The highest BCUT2D eigenvalue weighted by Crippen LogP contribution is 2.44. The molecule has 1 aromatic carbocycles. The topological polar surface area (TPSA) is 83.5 Å². The van der Waals surface area contributed by atoms with Gasteiger partial charge in [0.15, 0.2) is 12.4 Å². The van der Waals surface area contributed by atoms with Crippen molar-refractivity contribution in [3.8, 4) is 0 Å². The van der Waals surface area contributed by atoms with Crippen LogP contribution < -0.4 is 0 Å². The van der Waals surface area contributed by atoms with Gasteiger partial charge in [-0.3, -0.25) is 9.63 Å². The number of carbonyl (C=O) groups is 2. The normalized spacial score (nSPS) is 37.5. The van der Waals surface area contributed by atoms with E-state index in [9.17, 15) is 9.59 Å². The number of hydroxylamine groups is 2. The van der Waals surface area contributed by atoms with Crippen LogP contribution in [0.25, 0.3) is 0 Å². The Morgan fingerprint density at radius 2 is 1.90 bits per heavy atom. The minimum absolute atomic E-state index is 0.00917. The first-order chi connectivity index (χ1) is 15.0. The van der Waals surface area contributed by atoms with Crippen molar-refractivity contribution >= 4 is 11.9 Å². The molecule has 168 valence electrons. The van der Waals surface area contributed by atoms with Gasteiger partial charge >= 0.3 is 11.9 Å². The van der Waals surface area contributed by atoms with E-state index in [1.54, 1.807) is 13.8 Å². The SMILES string of the molecule is CC(C)OC(=O)[C@@H]1ON2O[C@H](O[C@H]3CCCC[C@@H]3c3ccccc3)C[C@H]3OC(=O)[C@@H]1[C@@H]32. The maximum atomic E-state index is 12.5. The van der Waals surface area contributed by atoms with Crippen molar-refractivity contribution in [3.63, 3.8) is 0 Å². The summed E-state index contributed by atoms with van der Waals surface area (Å²) in [6, 6.07) is 9.94. The van der Waals surface area contributed by atoms with Crippen LogP contribution in [0.1, 0.15) is 57.4 Å². The van der Waals surface area contributed by atoms with Crippen molar-refractivity contribution < 1.29 is 33.5 Å². The van der Waals surface area contributed by atoms with Crippen LogP contribution in [0.3, 0.4) is 0 Å². The van der Waals surface area contributed by atoms with Gasteiger partial charge in [0.05, 0.1) is 12.2 Å². The van der Waals surface area contributed by atoms with Gasteiger partial charge in [0.1, 0.15) is 18.1 Å². The third kappa shape index (κ3) is 3.98. The van der Waals surface area contributed by atoms with Crippen molar-refractivity contribution in [2.45, 2.75) is 88.6 Å². The average Bonchev–Trinajstić information content (AvgIpc) is 3.30. The van der Waals surface area contributed by atoms with Crippen molar-refractivity contribution in [1.29, 1.82) is 0 Å². The summed E-state index contributed by atoms with van der Waals surface area (Å²) >= 11 is 0. The van der Waals surface area contributed by atoms with Gasteiger partial charge in [-0.1, -0.05) is 48.4 Å². The van der Waals surface area contributed by atoms with Gasteiger partial charge < -0.3 is 14.2 Å². The molecule has 3 heterocycles. The van der Waals surface area contributed by atoms with Crippen LogP contribution in [0.15, 0.2) is 30.3 Å². The number of esters is 2. The van der Waals surface area contributed by atoms with Crippen LogP contribution in [0.4, 0.5) is 0 Å². The van der Waals surface area contributed by atoms with Crippen LogP contribution in [-0.4, -0.2) is 53.9 Å². The molecule has 0 bridgehead atoms. The van der Waals surface area contributed by atoms with Crippen molar-refractivity contribution in [1.82, 2.24) is 5.23 Å². The standard InChI is InChI=1S/C23H29NO7/c1-13(2)27-23(26)21-19-20-17(29-22(19)25)12-18(30-24(20)31-21)28-16-11-7-6-10-15(16)14-8-4-3-5-9-14/h3-5,8-9,13,15-21H,6-7,10-12H2,1-2H3/t15-,16+,17-,18+,19-,20-,21-/m1/s1. The van der Waals surface area contributed by atoms with Crippen molar-refractivity contribution in [2.75, 3.05) is 0 Å². The molecule has 7 atom stereocenters. The lowest BCUT2D eigenvalue weighted by Gasteiger charge is -2.39. The van der Waals surface area contributed by atoms with Crippen LogP contribution in [0.5, 0.6) is 0 Å². The maximum Gasteiger partial charge on any atom is 0.338 e. The van der Waals surface area contributed by atoms with Crippen LogP contribution in [-0.2, 0) is 33.5 Å². The Labute approximate surface area is 181 Å². The second-order valence-corrected chi connectivity index (χ2v) is 9.04. The van der Waals surface area contributed by atoms with Crippen LogP contribution >= 0.6 is 0 Å². The molecule has 3 saturated heterocycles. The molecule has 1 aliphatic carbocycles. The summed E-state index contributed by atoms with van der Waals surface area (Å²) in [7, 11) is 0.